The molecule has 1 aromatic rings. The minimum Gasteiger partial charge on any atom is -0.361 e. The van der Waals surface area contributed by atoms with Crippen LogP contribution in [0.2, 0.25) is 0 Å². The van der Waals surface area contributed by atoms with E-state index < -0.39 is 0 Å². The number of rotatable bonds is 5. The summed E-state index contributed by atoms with van der Waals surface area (Å²) >= 11 is 0. The van der Waals surface area contributed by atoms with Gasteiger partial charge in [0.15, 0.2) is 5.69 Å². The summed E-state index contributed by atoms with van der Waals surface area (Å²) in [5.41, 5.74) is 0.307. The minimum absolute atomic E-state index is 0.175. The smallest absolute Gasteiger partial charge is 0.276 e. The molecule has 5 heteroatoms. The maximum absolute atomic E-state index is 12.1. The van der Waals surface area contributed by atoms with Gasteiger partial charge in [0.25, 0.3) is 5.91 Å². The number of nitrogens with zero attached hydrogens (tertiary/aromatic N) is 3. The Balaban J connectivity index is 2.75. The molecule has 0 atom stereocenters. The summed E-state index contributed by atoms with van der Waals surface area (Å²) in [6, 6.07) is 3.66. The van der Waals surface area contributed by atoms with Gasteiger partial charge in [-0.1, -0.05) is 19.0 Å². The van der Waals surface area contributed by atoms with Crippen LogP contribution in [0.25, 0.3) is 0 Å². The normalized spacial score (nSPS) is 10.3. The first kappa shape index (κ1) is 13.2. The second kappa shape index (κ2) is 6.04. The molecule has 92 valence electrons. The van der Waals surface area contributed by atoms with E-state index in [0.29, 0.717) is 36.9 Å². The molecule has 5 nitrogen and oxygen atoms in total. The first-order valence-electron chi connectivity index (χ1n) is 5.64. The molecule has 0 saturated carbocycles. The Labute approximate surface area is 101 Å². The lowest BCUT2D eigenvalue weighted by Gasteiger charge is -2.22. The van der Waals surface area contributed by atoms with E-state index >= 15 is 0 Å². The van der Waals surface area contributed by atoms with Crippen molar-refractivity contribution in [2.24, 2.45) is 5.92 Å². The Morgan fingerprint density at radius 2 is 2.35 bits per heavy atom. The molecule has 0 aliphatic heterocycles. The average Bonchev–Trinajstić information content (AvgIpc) is 2.69. The molecule has 0 bridgehead atoms. The Morgan fingerprint density at radius 1 is 1.65 bits per heavy atom. The predicted octanol–water partition coefficient (Wildman–Crippen LogP) is 1.99. The van der Waals surface area contributed by atoms with E-state index in [0.717, 1.165) is 0 Å². The molecular formula is C12H17N3O2. The minimum atomic E-state index is -0.175. The van der Waals surface area contributed by atoms with Gasteiger partial charge in [-0.15, -0.1) is 0 Å². The molecule has 1 aromatic heterocycles. The third-order valence-corrected chi connectivity index (χ3v) is 2.21. The molecule has 0 N–H and O–H groups in total. The van der Waals surface area contributed by atoms with E-state index in [1.54, 1.807) is 17.9 Å². The molecule has 0 radical (unpaired) electrons. The summed E-state index contributed by atoms with van der Waals surface area (Å²) in [6.07, 6.45) is 0.329. The van der Waals surface area contributed by atoms with Crippen molar-refractivity contribution in [3.63, 3.8) is 0 Å². The fraction of sp³-hybridized carbons (Fsp3) is 0.583. The van der Waals surface area contributed by atoms with Crippen molar-refractivity contribution < 1.29 is 9.32 Å². The molecule has 0 aromatic carbocycles. The highest BCUT2D eigenvalue weighted by molar-refractivity contribution is 5.92. The number of amides is 1. The number of aromatic nitrogens is 1. The molecule has 1 heterocycles. The molecule has 1 amide bonds. The summed E-state index contributed by atoms with van der Waals surface area (Å²) in [5, 5.41) is 12.3. The van der Waals surface area contributed by atoms with Crippen LogP contribution in [0.4, 0.5) is 0 Å². The van der Waals surface area contributed by atoms with Crippen LogP contribution in [0.3, 0.4) is 0 Å². The van der Waals surface area contributed by atoms with Crippen LogP contribution in [0.5, 0.6) is 0 Å². The summed E-state index contributed by atoms with van der Waals surface area (Å²) in [6.45, 7) is 6.85. The van der Waals surface area contributed by atoms with Crippen LogP contribution in [-0.4, -0.2) is 29.1 Å². The largest absolute Gasteiger partial charge is 0.361 e. The molecule has 0 aliphatic carbocycles. The summed E-state index contributed by atoms with van der Waals surface area (Å²) < 4.78 is 4.88. The van der Waals surface area contributed by atoms with E-state index in [4.69, 9.17) is 9.78 Å². The van der Waals surface area contributed by atoms with Gasteiger partial charge >= 0.3 is 0 Å². The van der Waals surface area contributed by atoms with Gasteiger partial charge in [-0.05, 0) is 12.8 Å². The third-order valence-electron chi connectivity index (χ3n) is 2.21. The molecule has 1 rings (SSSR count). The van der Waals surface area contributed by atoms with E-state index in [9.17, 15) is 4.79 Å². The number of carbonyl (C=O) groups is 1. The molecule has 0 saturated heterocycles. The zero-order chi connectivity index (χ0) is 12.8. The number of nitriles is 1. The van der Waals surface area contributed by atoms with E-state index in [-0.39, 0.29) is 5.91 Å². The first-order chi connectivity index (χ1) is 8.04. The quantitative estimate of drug-likeness (QED) is 0.782. The van der Waals surface area contributed by atoms with Gasteiger partial charge in [0.2, 0.25) is 0 Å². The van der Waals surface area contributed by atoms with Gasteiger partial charge < -0.3 is 9.42 Å². The van der Waals surface area contributed by atoms with Crippen molar-refractivity contribution in [3.8, 4) is 6.07 Å². The van der Waals surface area contributed by atoms with Crippen LogP contribution in [0, 0.1) is 24.2 Å². The lowest BCUT2D eigenvalue weighted by molar-refractivity contribution is 0.0729. The first-order valence-corrected chi connectivity index (χ1v) is 5.64. The zero-order valence-corrected chi connectivity index (χ0v) is 10.4. The summed E-state index contributed by atoms with van der Waals surface area (Å²) in [4.78, 5) is 13.7. The van der Waals surface area contributed by atoms with Gasteiger partial charge in [0.1, 0.15) is 5.76 Å². The van der Waals surface area contributed by atoms with E-state index in [1.165, 1.54) is 0 Å². The van der Waals surface area contributed by atoms with Gasteiger partial charge in [-0.25, -0.2) is 0 Å². The fourth-order valence-electron chi connectivity index (χ4n) is 1.53. The second-order valence-corrected chi connectivity index (χ2v) is 4.38. The maximum Gasteiger partial charge on any atom is 0.276 e. The fourth-order valence-corrected chi connectivity index (χ4v) is 1.53. The summed E-state index contributed by atoms with van der Waals surface area (Å²) in [5.74, 6) is 0.787. The Morgan fingerprint density at radius 3 is 2.82 bits per heavy atom. The highest BCUT2D eigenvalue weighted by atomic mass is 16.5. The van der Waals surface area contributed by atoms with Crippen LogP contribution >= 0.6 is 0 Å². The lowest BCUT2D eigenvalue weighted by atomic mass is 10.2. The monoisotopic (exact) mass is 235 g/mol. The van der Waals surface area contributed by atoms with Crippen molar-refractivity contribution in [3.05, 3.63) is 17.5 Å². The number of hydrogen-bond donors (Lipinski definition) is 0. The maximum atomic E-state index is 12.1. The molecule has 0 fully saturated rings. The predicted molar refractivity (Wildman–Crippen MR) is 62.2 cm³/mol. The lowest BCUT2D eigenvalue weighted by Crippen LogP contribution is -2.35. The number of carbonyl (C=O) groups excluding carboxylic acids is 1. The Hall–Kier alpha value is -1.83. The van der Waals surface area contributed by atoms with Crippen molar-refractivity contribution >= 4 is 5.91 Å². The molecule has 0 aliphatic rings. The number of hydrogen-bond acceptors (Lipinski definition) is 4. The average molecular weight is 235 g/mol. The zero-order valence-electron chi connectivity index (χ0n) is 10.4. The van der Waals surface area contributed by atoms with Crippen molar-refractivity contribution in [1.82, 2.24) is 10.1 Å². The van der Waals surface area contributed by atoms with Gasteiger partial charge in [0.05, 0.1) is 12.5 Å². The topological polar surface area (TPSA) is 70.1 Å². The molecule has 0 spiro atoms. The van der Waals surface area contributed by atoms with Crippen molar-refractivity contribution in [2.75, 3.05) is 13.1 Å². The Bertz CT molecular complexity index is 418. The van der Waals surface area contributed by atoms with Crippen LogP contribution < -0.4 is 0 Å². The highest BCUT2D eigenvalue weighted by Crippen LogP contribution is 2.08. The Kier molecular flexibility index (Phi) is 4.70. The van der Waals surface area contributed by atoms with Gasteiger partial charge in [0, 0.05) is 19.2 Å². The second-order valence-electron chi connectivity index (χ2n) is 4.38. The van der Waals surface area contributed by atoms with Crippen LogP contribution in [0.1, 0.15) is 36.5 Å². The van der Waals surface area contributed by atoms with Crippen LogP contribution in [-0.2, 0) is 0 Å². The third kappa shape index (κ3) is 3.91. The molecule has 17 heavy (non-hydrogen) atoms. The van der Waals surface area contributed by atoms with Crippen molar-refractivity contribution in [1.29, 1.82) is 5.26 Å². The van der Waals surface area contributed by atoms with Gasteiger partial charge in [-0.2, -0.15) is 5.26 Å². The standard InChI is InChI=1S/C12H17N3O2/c1-9(2)8-15(6-4-5-13)12(16)11-7-10(3)17-14-11/h7,9H,4,6,8H2,1-3H3. The SMILES string of the molecule is Cc1cc(C(=O)N(CCC#N)CC(C)C)no1. The molecular weight excluding hydrogens is 218 g/mol. The molecule has 0 unspecified atom stereocenters. The van der Waals surface area contributed by atoms with Gasteiger partial charge in [-0.3, -0.25) is 4.79 Å². The van der Waals surface area contributed by atoms with E-state index in [2.05, 4.69) is 5.16 Å². The summed E-state index contributed by atoms with van der Waals surface area (Å²) in [7, 11) is 0. The van der Waals surface area contributed by atoms with Crippen molar-refractivity contribution in [2.45, 2.75) is 27.2 Å². The number of aryl methyl sites for hydroxylation is 1. The highest BCUT2D eigenvalue weighted by Gasteiger charge is 2.19. The van der Waals surface area contributed by atoms with Crippen LogP contribution in [0.15, 0.2) is 10.6 Å². The van der Waals surface area contributed by atoms with E-state index in [1.807, 2.05) is 19.9 Å².